The fraction of sp³-hybridized carbons (Fsp3) is 0.467. The van der Waals surface area contributed by atoms with Crippen molar-refractivity contribution in [1.29, 1.82) is 0 Å². The van der Waals surface area contributed by atoms with E-state index < -0.39 is 17.0 Å². The van der Waals surface area contributed by atoms with Gasteiger partial charge in [0.1, 0.15) is 16.4 Å². The topological polar surface area (TPSA) is 101 Å². The van der Waals surface area contributed by atoms with Crippen molar-refractivity contribution in [2.24, 2.45) is 5.41 Å². The summed E-state index contributed by atoms with van der Waals surface area (Å²) in [5.74, 6) is -0.482. The van der Waals surface area contributed by atoms with E-state index in [-0.39, 0.29) is 31.2 Å². The fourth-order valence-corrected chi connectivity index (χ4v) is 6.16. The van der Waals surface area contributed by atoms with Gasteiger partial charge in [0.15, 0.2) is 5.41 Å². The number of carbonyl (C=O) groups is 3. The molecule has 3 aromatic rings. The second-order valence-electron chi connectivity index (χ2n) is 11.8. The third kappa shape index (κ3) is 5.30. The predicted octanol–water partition coefficient (Wildman–Crippen LogP) is 3.43. The van der Waals surface area contributed by atoms with Crippen molar-refractivity contribution in [1.82, 2.24) is 20.1 Å². The number of carbonyl (C=O) groups excluding carboxylic acids is 3. The third-order valence-electron chi connectivity index (χ3n) is 7.59. The number of ether oxygens (including phenoxy) is 2. The van der Waals surface area contributed by atoms with Gasteiger partial charge in [-0.2, -0.15) is 0 Å². The van der Waals surface area contributed by atoms with E-state index in [1.807, 2.05) is 44.4 Å². The monoisotopic (exact) mass is 564 g/mol. The van der Waals surface area contributed by atoms with Crippen LogP contribution in [0.4, 0.5) is 0 Å². The first kappa shape index (κ1) is 28.0. The van der Waals surface area contributed by atoms with E-state index in [0.29, 0.717) is 41.0 Å². The smallest absolute Gasteiger partial charge is 0.322 e. The molecule has 0 saturated carbocycles. The molecule has 2 aliphatic rings. The van der Waals surface area contributed by atoms with Gasteiger partial charge in [-0.1, -0.05) is 24.3 Å². The number of rotatable bonds is 7. The molecule has 40 heavy (non-hydrogen) atoms. The van der Waals surface area contributed by atoms with Crippen LogP contribution in [0.5, 0.6) is 5.75 Å². The first-order chi connectivity index (χ1) is 18.9. The highest BCUT2D eigenvalue weighted by molar-refractivity contribution is 7.18. The third-order valence-corrected chi connectivity index (χ3v) is 8.61. The lowest BCUT2D eigenvalue weighted by Gasteiger charge is -2.42. The Labute approximate surface area is 238 Å². The number of methoxy groups -OCH3 is 1. The minimum atomic E-state index is -1.34. The average molecular weight is 565 g/mol. The summed E-state index contributed by atoms with van der Waals surface area (Å²) in [6, 6.07) is 11.7. The summed E-state index contributed by atoms with van der Waals surface area (Å²) >= 11 is 1.42. The van der Waals surface area contributed by atoms with Crippen LogP contribution in [-0.4, -0.2) is 78.5 Å². The van der Waals surface area contributed by atoms with Gasteiger partial charge in [0.2, 0.25) is 5.91 Å². The van der Waals surface area contributed by atoms with Gasteiger partial charge in [0.05, 0.1) is 29.4 Å². The van der Waals surface area contributed by atoms with Crippen LogP contribution in [0.2, 0.25) is 0 Å². The summed E-state index contributed by atoms with van der Waals surface area (Å²) in [6.07, 6.45) is 0.579. The van der Waals surface area contributed by atoms with E-state index in [1.165, 1.54) is 11.3 Å². The Morgan fingerprint density at radius 1 is 1.12 bits per heavy atom. The summed E-state index contributed by atoms with van der Waals surface area (Å²) in [5, 5.41) is 3.63. The highest BCUT2D eigenvalue weighted by Gasteiger charge is 2.52. The molecule has 0 spiro atoms. The predicted molar refractivity (Wildman–Crippen MR) is 154 cm³/mol. The van der Waals surface area contributed by atoms with Crippen molar-refractivity contribution < 1.29 is 23.9 Å². The molecule has 9 nitrogen and oxygen atoms in total. The number of fused-ring (bicyclic) bond motifs is 2. The maximum atomic E-state index is 13.7. The number of amides is 2. The Hall–Kier alpha value is -3.50. The molecule has 1 saturated heterocycles. The Balaban J connectivity index is 1.34. The number of benzene rings is 2. The summed E-state index contributed by atoms with van der Waals surface area (Å²) in [4.78, 5) is 48.9. The van der Waals surface area contributed by atoms with E-state index in [1.54, 1.807) is 38.8 Å². The van der Waals surface area contributed by atoms with Crippen molar-refractivity contribution in [3.63, 3.8) is 0 Å². The fourth-order valence-electron chi connectivity index (χ4n) is 5.25. The number of hydrogen-bond acceptors (Lipinski definition) is 8. The average Bonchev–Trinajstić information content (AvgIpc) is 3.45. The zero-order chi connectivity index (χ0) is 28.8. The van der Waals surface area contributed by atoms with Crippen LogP contribution >= 0.6 is 11.3 Å². The van der Waals surface area contributed by atoms with Gasteiger partial charge in [0.25, 0.3) is 5.91 Å². The number of likely N-dealkylation sites (tertiary alicyclic amines) is 1. The summed E-state index contributed by atoms with van der Waals surface area (Å²) in [6.45, 7) is 6.90. The van der Waals surface area contributed by atoms with Gasteiger partial charge in [-0.3, -0.25) is 14.4 Å². The molecule has 2 aromatic carbocycles. The van der Waals surface area contributed by atoms with Gasteiger partial charge < -0.3 is 24.6 Å². The number of aromatic nitrogens is 1. The van der Waals surface area contributed by atoms with E-state index in [0.717, 1.165) is 15.8 Å². The second-order valence-corrected chi connectivity index (χ2v) is 13.0. The van der Waals surface area contributed by atoms with Gasteiger partial charge in [-0.15, -0.1) is 11.3 Å². The molecule has 0 bridgehead atoms. The maximum absolute atomic E-state index is 13.7. The Kier molecular flexibility index (Phi) is 7.35. The number of hydrogen-bond donors (Lipinski definition) is 1. The summed E-state index contributed by atoms with van der Waals surface area (Å²) in [7, 11) is 5.57. The van der Waals surface area contributed by atoms with E-state index in [4.69, 9.17) is 14.5 Å². The quantitative estimate of drug-likeness (QED) is 0.347. The molecule has 1 aliphatic carbocycles. The molecular weight excluding hydrogens is 528 g/mol. The van der Waals surface area contributed by atoms with Crippen LogP contribution in [0.15, 0.2) is 36.4 Å². The second kappa shape index (κ2) is 10.5. The lowest BCUT2D eigenvalue weighted by atomic mass is 9.83. The van der Waals surface area contributed by atoms with Gasteiger partial charge >= 0.3 is 5.97 Å². The van der Waals surface area contributed by atoms with Crippen LogP contribution in [0, 0.1) is 5.41 Å². The van der Waals surface area contributed by atoms with Crippen molar-refractivity contribution in [2.75, 3.05) is 34.3 Å². The normalized spacial score (nSPS) is 16.5. The molecular formula is C30H36N4O5S. The molecule has 1 fully saturated rings. The van der Waals surface area contributed by atoms with Gasteiger partial charge in [-0.05, 0) is 64.9 Å². The molecule has 0 unspecified atom stereocenters. The summed E-state index contributed by atoms with van der Waals surface area (Å²) < 4.78 is 12.1. The first-order valence-corrected chi connectivity index (χ1v) is 14.2. The molecule has 0 radical (unpaired) electrons. The number of likely N-dealkylation sites (N-methyl/N-ethyl adjacent to an activating group) is 1. The molecule has 10 heteroatoms. The van der Waals surface area contributed by atoms with Crippen molar-refractivity contribution >= 4 is 39.3 Å². The number of esters is 1. The van der Waals surface area contributed by atoms with E-state index >= 15 is 0 Å². The van der Waals surface area contributed by atoms with Crippen molar-refractivity contribution in [3.8, 4) is 5.75 Å². The molecule has 212 valence electrons. The minimum Gasteiger partial charge on any atom is -0.496 e. The van der Waals surface area contributed by atoms with Crippen molar-refractivity contribution in [3.05, 3.63) is 58.1 Å². The molecule has 2 amide bonds. The highest BCUT2D eigenvalue weighted by atomic mass is 32.1. The van der Waals surface area contributed by atoms with Crippen LogP contribution in [0.25, 0.3) is 10.2 Å². The number of nitrogens with one attached hydrogen (secondary N) is 1. The lowest BCUT2D eigenvalue weighted by Crippen LogP contribution is -2.59. The Morgan fingerprint density at radius 2 is 1.77 bits per heavy atom. The number of nitrogens with zero attached hydrogens (tertiary/aromatic N) is 3. The standard InChI is InChI=1S/C30H36N4O5S/c1-29(2,3)39-28(37)30(13-18-9-7-8-10-19(18)14-30)27(36)31-15-25-32-22-11-21(23(38-6)12-24(22)40-25)26(35)34-16-20(17-34)33(4)5/h7-12,20H,13-17H2,1-6H3,(H,31,36). The zero-order valence-electron chi connectivity index (χ0n) is 23.9. The Bertz CT molecular complexity index is 1440. The molecule has 1 aliphatic heterocycles. The molecule has 1 aromatic heterocycles. The SMILES string of the molecule is COc1cc2sc(CNC(=O)C3(C(=O)OC(C)(C)C)Cc4ccccc4C3)nc2cc1C(=O)N1CC(N(C)C)C1. The molecule has 1 N–H and O–H groups in total. The summed E-state index contributed by atoms with van der Waals surface area (Å²) in [5.41, 5.74) is 1.04. The highest BCUT2D eigenvalue weighted by Crippen LogP contribution is 2.40. The lowest BCUT2D eigenvalue weighted by molar-refractivity contribution is -0.170. The molecule has 5 rings (SSSR count). The van der Waals surface area contributed by atoms with Gasteiger partial charge in [0, 0.05) is 25.2 Å². The molecule has 0 atom stereocenters. The largest absolute Gasteiger partial charge is 0.496 e. The van der Waals surface area contributed by atoms with Gasteiger partial charge in [-0.25, -0.2) is 4.98 Å². The maximum Gasteiger partial charge on any atom is 0.322 e. The van der Waals surface area contributed by atoms with E-state index in [9.17, 15) is 14.4 Å². The minimum absolute atomic E-state index is 0.0835. The van der Waals surface area contributed by atoms with Crippen molar-refractivity contribution in [2.45, 2.75) is 51.8 Å². The van der Waals surface area contributed by atoms with Crippen LogP contribution in [-0.2, 0) is 33.7 Å². The molecule has 2 heterocycles. The van der Waals surface area contributed by atoms with Crippen LogP contribution in [0.3, 0.4) is 0 Å². The van der Waals surface area contributed by atoms with Crippen LogP contribution < -0.4 is 10.1 Å². The zero-order valence-corrected chi connectivity index (χ0v) is 24.7. The number of thiazole rings is 1. The van der Waals surface area contributed by atoms with Crippen LogP contribution in [0.1, 0.15) is 47.3 Å². The first-order valence-electron chi connectivity index (χ1n) is 13.4. The van der Waals surface area contributed by atoms with E-state index in [2.05, 4.69) is 10.2 Å². The Morgan fingerprint density at radius 3 is 2.35 bits per heavy atom.